The van der Waals surface area contributed by atoms with E-state index in [4.69, 9.17) is 9.84 Å². The number of aliphatic carboxylic acids is 1. The molecular formula is C10H18N2O4. The summed E-state index contributed by atoms with van der Waals surface area (Å²) in [6.07, 6.45) is 1.74. The van der Waals surface area contributed by atoms with E-state index in [2.05, 4.69) is 10.6 Å². The molecule has 0 aromatic heterocycles. The lowest BCUT2D eigenvalue weighted by molar-refractivity contribution is -0.139. The van der Waals surface area contributed by atoms with Gasteiger partial charge in [-0.15, -0.1) is 0 Å². The van der Waals surface area contributed by atoms with Crippen LogP contribution in [-0.2, 0) is 9.53 Å². The molecule has 0 bridgehead atoms. The fourth-order valence-corrected chi connectivity index (χ4v) is 1.38. The Bertz CT molecular complexity index is 253. The van der Waals surface area contributed by atoms with Gasteiger partial charge in [-0.25, -0.2) is 9.59 Å². The molecule has 0 aromatic rings. The lowest BCUT2D eigenvalue weighted by atomic mass is 10.2. The fourth-order valence-electron chi connectivity index (χ4n) is 1.38. The van der Waals surface area contributed by atoms with E-state index in [0.717, 1.165) is 12.8 Å². The second-order valence-corrected chi connectivity index (χ2v) is 3.75. The Kier molecular flexibility index (Phi) is 5.04. The first-order chi connectivity index (χ1) is 7.65. The highest BCUT2D eigenvalue weighted by Gasteiger charge is 2.37. The molecule has 0 heterocycles. The number of carbonyl (C=O) groups excluding carboxylic acids is 1. The van der Waals surface area contributed by atoms with Crippen molar-refractivity contribution in [1.82, 2.24) is 10.6 Å². The van der Waals surface area contributed by atoms with Gasteiger partial charge in [0.1, 0.15) is 6.04 Å². The number of carbonyl (C=O) groups is 2. The highest BCUT2D eigenvalue weighted by molar-refractivity contribution is 5.83. The number of carboxylic acid groups (broad SMARTS) is 1. The summed E-state index contributed by atoms with van der Waals surface area (Å²) in [6, 6.07) is -1.20. The number of ether oxygens (including phenoxy) is 1. The maximum Gasteiger partial charge on any atom is 0.326 e. The Morgan fingerprint density at radius 2 is 2.19 bits per heavy atom. The van der Waals surface area contributed by atoms with E-state index >= 15 is 0 Å². The minimum absolute atomic E-state index is 0.0927. The van der Waals surface area contributed by atoms with E-state index in [-0.39, 0.29) is 5.92 Å². The summed E-state index contributed by atoms with van der Waals surface area (Å²) in [7, 11) is 0. The number of urea groups is 1. The number of hydrogen-bond donors (Lipinski definition) is 3. The van der Waals surface area contributed by atoms with Crippen molar-refractivity contribution in [1.29, 1.82) is 0 Å². The third-order valence-electron chi connectivity index (χ3n) is 2.38. The summed E-state index contributed by atoms with van der Waals surface area (Å²) in [5.74, 6) is -0.877. The first-order valence-electron chi connectivity index (χ1n) is 5.50. The minimum atomic E-state index is -0.970. The van der Waals surface area contributed by atoms with Gasteiger partial charge in [-0.2, -0.15) is 0 Å². The van der Waals surface area contributed by atoms with E-state index in [1.54, 1.807) is 0 Å². The SMILES string of the molecule is CCOCCNC(=O)NC(C(=O)O)C1CC1. The standard InChI is InChI=1S/C10H18N2O4/c1-2-16-6-5-11-10(15)12-8(9(13)14)7-3-4-7/h7-8H,2-6H2,1H3,(H,13,14)(H2,11,12,15). The van der Waals surface area contributed by atoms with Crippen LogP contribution in [-0.4, -0.2) is 42.9 Å². The van der Waals surface area contributed by atoms with Crippen LogP contribution in [0.3, 0.4) is 0 Å². The molecule has 0 aliphatic heterocycles. The molecule has 1 aliphatic carbocycles. The second kappa shape index (κ2) is 6.32. The molecule has 2 amide bonds. The van der Waals surface area contributed by atoms with E-state index in [0.29, 0.717) is 19.8 Å². The number of hydrogen-bond acceptors (Lipinski definition) is 3. The van der Waals surface area contributed by atoms with E-state index < -0.39 is 18.0 Å². The van der Waals surface area contributed by atoms with Crippen LogP contribution in [0.4, 0.5) is 4.79 Å². The molecule has 1 fully saturated rings. The predicted octanol–water partition coefficient (Wildman–Crippen LogP) is 0.185. The lowest BCUT2D eigenvalue weighted by Gasteiger charge is -2.14. The third-order valence-corrected chi connectivity index (χ3v) is 2.38. The highest BCUT2D eigenvalue weighted by Crippen LogP contribution is 2.32. The summed E-state index contributed by atoms with van der Waals surface area (Å²) >= 11 is 0. The molecule has 6 nitrogen and oxygen atoms in total. The Labute approximate surface area is 94.3 Å². The van der Waals surface area contributed by atoms with Gasteiger partial charge >= 0.3 is 12.0 Å². The largest absolute Gasteiger partial charge is 0.480 e. The zero-order valence-corrected chi connectivity index (χ0v) is 9.36. The Morgan fingerprint density at radius 1 is 1.50 bits per heavy atom. The highest BCUT2D eigenvalue weighted by atomic mass is 16.5. The van der Waals surface area contributed by atoms with Gasteiger partial charge in [0.2, 0.25) is 0 Å². The quantitative estimate of drug-likeness (QED) is 0.545. The van der Waals surface area contributed by atoms with Crippen LogP contribution in [0.15, 0.2) is 0 Å². The van der Waals surface area contributed by atoms with Crippen molar-refractivity contribution in [3.8, 4) is 0 Å². The van der Waals surface area contributed by atoms with Crippen molar-refractivity contribution >= 4 is 12.0 Å². The van der Waals surface area contributed by atoms with Gasteiger partial charge in [0, 0.05) is 13.2 Å². The van der Waals surface area contributed by atoms with Crippen LogP contribution < -0.4 is 10.6 Å². The monoisotopic (exact) mass is 230 g/mol. The molecule has 1 rings (SSSR count). The second-order valence-electron chi connectivity index (χ2n) is 3.75. The zero-order chi connectivity index (χ0) is 12.0. The summed E-state index contributed by atoms with van der Waals surface area (Å²) in [5.41, 5.74) is 0. The molecule has 0 spiro atoms. The topological polar surface area (TPSA) is 87.7 Å². The summed E-state index contributed by atoms with van der Waals surface area (Å²) in [6.45, 7) is 3.29. The molecule has 1 unspecified atom stereocenters. The van der Waals surface area contributed by atoms with Gasteiger partial charge in [-0.3, -0.25) is 0 Å². The fraction of sp³-hybridized carbons (Fsp3) is 0.800. The van der Waals surface area contributed by atoms with Crippen LogP contribution in [0.5, 0.6) is 0 Å². The molecule has 0 radical (unpaired) electrons. The van der Waals surface area contributed by atoms with Gasteiger partial charge in [0.05, 0.1) is 6.61 Å². The van der Waals surface area contributed by atoms with Crippen molar-refractivity contribution < 1.29 is 19.4 Å². The molecule has 1 aliphatic rings. The molecule has 0 saturated heterocycles. The van der Waals surface area contributed by atoms with Gasteiger partial charge < -0.3 is 20.5 Å². The number of amides is 2. The maximum absolute atomic E-state index is 11.3. The van der Waals surface area contributed by atoms with Crippen molar-refractivity contribution in [2.45, 2.75) is 25.8 Å². The average Bonchev–Trinajstić information content (AvgIpc) is 3.04. The Morgan fingerprint density at radius 3 is 2.69 bits per heavy atom. The van der Waals surface area contributed by atoms with Gasteiger partial charge in [0.25, 0.3) is 0 Å². The van der Waals surface area contributed by atoms with Crippen molar-refractivity contribution in [2.24, 2.45) is 5.92 Å². The van der Waals surface area contributed by atoms with Crippen LogP contribution in [0.2, 0.25) is 0 Å². The molecule has 1 atom stereocenters. The van der Waals surface area contributed by atoms with Crippen molar-refractivity contribution in [3.05, 3.63) is 0 Å². The Hall–Kier alpha value is -1.30. The molecule has 0 aromatic carbocycles. The lowest BCUT2D eigenvalue weighted by Crippen LogP contribution is -2.47. The summed E-state index contributed by atoms with van der Waals surface area (Å²) in [4.78, 5) is 22.1. The summed E-state index contributed by atoms with van der Waals surface area (Å²) in [5, 5.41) is 13.9. The van der Waals surface area contributed by atoms with Gasteiger partial charge in [0.15, 0.2) is 0 Å². The van der Waals surface area contributed by atoms with Gasteiger partial charge in [-0.05, 0) is 25.7 Å². The molecule has 16 heavy (non-hydrogen) atoms. The van der Waals surface area contributed by atoms with Crippen LogP contribution in [0.1, 0.15) is 19.8 Å². The number of rotatable bonds is 7. The average molecular weight is 230 g/mol. The Balaban J connectivity index is 2.18. The molecule has 92 valence electrons. The van der Waals surface area contributed by atoms with Gasteiger partial charge in [-0.1, -0.05) is 0 Å². The van der Waals surface area contributed by atoms with Crippen LogP contribution in [0.25, 0.3) is 0 Å². The maximum atomic E-state index is 11.3. The molecule has 3 N–H and O–H groups in total. The first-order valence-corrected chi connectivity index (χ1v) is 5.50. The van der Waals surface area contributed by atoms with E-state index in [1.807, 2.05) is 6.92 Å². The van der Waals surface area contributed by atoms with E-state index in [1.165, 1.54) is 0 Å². The van der Waals surface area contributed by atoms with Crippen molar-refractivity contribution in [2.75, 3.05) is 19.8 Å². The van der Waals surface area contributed by atoms with Crippen LogP contribution in [0, 0.1) is 5.92 Å². The van der Waals surface area contributed by atoms with E-state index in [9.17, 15) is 9.59 Å². The molecular weight excluding hydrogens is 212 g/mol. The minimum Gasteiger partial charge on any atom is -0.480 e. The predicted molar refractivity (Wildman–Crippen MR) is 57.2 cm³/mol. The van der Waals surface area contributed by atoms with Crippen molar-refractivity contribution in [3.63, 3.8) is 0 Å². The molecule has 6 heteroatoms. The zero-order valence-electron chi connectivity index (χ0n) is 9.36. The first kappa shape index (κ1) is 12.8. The summed E-state index contributed by atoms with van der Waals surface area (Å²) < 4.78 is 5.04. The number of nitrogens with one attached hydrogen (secondary N) is 2. The van der Waals surface area contributed by atoms with Crippen LogP contribution >= 0.6 is 0 Å². The molecule has 1 saturated carbocycles. The normalized spacial score (nSPS) is 16.6. The smallest absolute Gasteiger partial charge is 0.326 e. The third kappa shape index (κ3) is 4.48. The number of carboxylic acids is 1.